The van der Waals surface area contributed by atoms with E-state index in [0.717, 1.165) is 6.42 Å². The van der Waals surface area contributed by atoms with Crippen LogP contribution in [0, 0.1) is 0 Å². The average Bonchev–Trinajstić information content (AvgIpc) is 2.68. The number of ether oxygens (including phenoxy) is 1. The number of carbonyl (C=O) groups is 2. The summed E-state index contributed by atoms with van der Waals surface area (Å²) in [6.45, 7) is 5.63. The van der Waals surface area contributed by atoms with Crippen LogP contribution in [0.15, 0.2) is 66.2 Å². The van der Waals surface area contributed by atoms with Crippen molar-refractivity contribution in [2.45, 2.75) is 39.8 Å². The maximum Gasteiger partial charge on any atom is 0.335 e. The first kappa shape index (κ1) is 19.4. The van der Waals surface area contributed by atoms with E-state index in [1.54, 1.807) is 25.1 Å². The van der Waals surface area contributed by atoms with Crippen LogP contribution in [0.25, 0.3) is 0 Å². The number of carbonyl (C=O) groups excluding carboxylic acids is 2. The maximum atomic E-state index is 12.8. The molecule has 0 aliphatic heterocycles. The van der Waals surface area contributed by atoms with Crippen LogP contribution in [-0.4, -0.2) is 18.0 Å². The van der Waals surface area contributed by atoms with Crippen LogP contribution >= 0.6 is 0 Å². The molecule has 0 aliphatic rings. The number of allylic oxidation sites excluding steroid dienone is 1. The third-order valence-electron chi connectivity index (χ3n) is 3.98. The van der Waals surface area contributed by atoms with Crippen molar-refractivity contribution in [3.05, 3.63) is 77.4 Å². The Morgan fingerprint density at radius 1 is 1.04 bits per heavy atom. The monoisotopic (exact) mass is 351 g/mol. The summed E-state index contributed by atoms with van der Waals surface area (Å²) in [5, 5.41) is 3.18. The van der Waals surface area contributed by atoms with Gasteiger partial charge in [-0.3, -0.25) is 4.79 Å². The van der Waals surface area contributed by atoms with Crippen molar-refractivity contribution in [1.29, 1.82) is 0 Å². The van der Waals surface area contributed by atoms with E-state index >= 15 is 0 Å². The second-order valence-corrected chi connectivity index (χ2v) is 5.98. The van der Waals surface area contributed by atoms with Gasteiger partial charge in [0.1, 0.15) is 0 Å². The normalized spacial score (nSPS) is 12.3. The molecule has 26 heavy (non-hydrogen) atoms. The lowest BCUT2D eigenvalue weighted by molar-refractivity contribution is -0.143. The zero-order valence-electron chi connectivity index (χ0n) is 15.5. The molecule has 136 valence electrons. The highest BCUT2D eigenvalue weighted by atomic mass is 16.6. The number of ketones is 1. The van der Waals surface area contributed by atoms with Crippen molar-refractivity contribution in [2.24, 2.45) is 0 Å². The molecule has 0 bridgehead atoms. The highest BCUT2D eigenvalue weighted by Gasteiger charge is 2.18. The van der Waals surface area contributed by atoms with Gasteiger partial charge >= 0.3 is 5.97 Å². The number of rotatable bonds is 8. The molecular weight excluding hydrogens is 326 g/mol. The lowest BCUT2D eigenvalue weighted by Gasteiger charge is -2.20. The summed E-state index contributed by atoms with van der Waals surface area (Å²) in [7, 11) is 0. The Bertz CT molecular complexity index is 781. The van der Waals surface area contributed by atoms with Crippen LogP contribution in [0.2, 0.25) is 0 Å². The third kappa shape index (κ3) is 5.06. The highest BCUT2D eigenvalue weighted by Crippen LogP contribution is 2.21. The molecule has 0 radical (unpaired) electrons. The lowest BCUT2D eigenvalue weighted by atomic mass is 10.0. The second kappa shape index (κ2) is 9.56. The molecule has 0 spiro atoms. The molecule has 0 saturated heterocycles. The predicted molar refractivity (Wildman–Crippen MR) is 104 cm³/mol. The number of hydrogen-bond acceptors (Lipinski definition) is 4. The van der Waals surface area contributed by atoms with E-state index in [0.29, 0.717) is 28.8 Å². The van der Waals surface area contributed by atoms with Crippen LogP contribution in [0.4, 0.5) is 5.69 Å². The predicted octanol–water partition coefficient (Wildman–Crippen LogP) is 4.97. The molecule has 4 heteroatoms. The minimum absolute atomic E-state index is 0.0723. The van der Waals surface area contributed by atoms with Crippen LogP contribution in [-0.2, 0) is 9.53 Å². The second-order valence-electron chi connectivity index (χ2n) is 5.98. The standard InChI is InChI=1S/C22H25NO3/c1-4-11-16(3)22(25)26-20(5-2)23-19-15-10-9-14-18(19)21(24)17-12-7-6-8-13-17/h6-15,20,23H,4-5H2,1-3H3. The van der Waals surface area contributed by atoms with Crippen LogP contribution < -0.4 is 5.32 Å². The Hall–Kier alpha value is -2.88. The van der Waals surface area contributed by atoms with E-state index in [4.69, 9.17) is 4.74 Å². The zero-order valence-corrected chi connectivity index (χ0v) is 15.5. The quantitative estimate of drug-likeness (QED) is 0.316. The van der Waals surface area contributed by atoms with Gasteiger partial charge in [-0.05, 0) is 25.5 Å². The molecule has 2 aromatic rings. The first-order chi connectivity index (χ1) is 12.6. The summed E-state index contributed by atoms with van der Waals surface area (Å²) in [5.41, 5.74) is 2.40. The number of hydrogen-bond donors (Lipinski definition) is 1. The molecule has 0 amide bonds. The number of esters is 1. The van der Waals surface area contributed by atoms with Crippen molar-refractivity contribution in [3.63, 3.8) is 0 Å². The Kier molecular flexibility index (Phi) is 7.15. The molecule has 1 unspecified atom stereocenters. The topological polar surface area (TPSA) is 55.4 Å². The van der Waals surface area contributed by atoms with Gasteiger partial charge < -0.3 is 10.1 Å². The molecule has 1 N–H and O–H groups in total. The fourth-order valence-electron chi connectivity index (χ4n) is 2.55. The summed E-state index contributed by atoms with van der Waals surface area (Å²) >= 11 is 0. The van der Waals surface area contributed by atoms with Gasteiger partial charge in [0.2, 0.25) is 0 Å². The van der Waals surface area contributed by atoms with Crippen LogP contribution in [0.3, 0.4) is 0 Å². The Labute approximate surface area is 154 Å². The first-order valence-electron chi connectivity index (χ1n) is 8.89. The number of benzene rings is 2. The summed E-state index contributed by atoms with van der Waals surface area (Å²) in [6, 6.07) is 16.4. The molecule has 2 rings (SSSR count). The van der Waals surface area contributed by atoms with Crippen LogP contribution in [0.1, 0.15) is 49.5 Å². The maximum absolute atomic E-state index is 12.8. The van der Waals surface area contributed by atoms with Crippen molar-refractivity contribution >= 4 is 17.4 Å². The van der Waals surface area contributed by atoms with Gasteiger partial charge in [-0.25, -0.2) is 4.79 Å². The largest absolute Gasteiger partial charge is 0.438 e. The average molecular weight is 351 g/mol. The zero-order chi connectivity index (χ0) is 18.9. The van der Waals surface area contributed by atoms with Crippen molar-refractivity contribution < 1.29 is 14.3 Å². The molecule has 1 atom stereocenters. The SMILES string of the molecule is CCC=C(C)C(=O)OC(CC)Nc1ccccc1C(=O)c1ccccc1. The van der Waals surface area contributed by atoms with E-state index in [1.165, 1.54) is 0 Å². The molecule has 0 fully saturated rings. The van der Waals surface area contributed by atoms with E-state index in [1.807, 2.05) is 56.3 Å². The molecule has 2 aromatic carbocycles. The summed E-state index contributed by atoms with van der Waals surface area (Å²) in [4.78, 5) is 24.9. The number of nitrogens with one attached hydrogen (secondary N) is 1. The highest BCUT2D eigenvalue weighted by molar-refractivity contribution is 6.12. The van der Waals surface area contributed by atoms with E-state index in [-0.39, 0.29) is 11.8 Å². The van der Waals surface area contributed by atoms with Gasteiger partial charge in [0.15, 0.2) is 12.0 Å². The van der Waals surface area contributed by atoms with Gasteiger partial charge in [0.05, 0.1) is 0 Å². The van der Waals surface area contributed by atoms with Crippen molar-refractivity contribution in [3.8, 4) is 0 Å². The summed E-state index contributed by atoms with van der Waals surface area (Å²) < 4.78 is 5.53. The first-order valence-corrected chi connectivity index (χ1v) is 8.89. The van der Waals surface area contributed by atoms with Crippen molar-refractivity contribution in [1.82, 2.24) is 0 Å². The number of para-hydroxylation sites is 1. The van der Waals surface area contributed by atoms with Gasteiger partial charge in [-0.2, -0.15) is 0 Å². The van der Waals surface area contributed by atoms with E-state index in [2.05, 4.69) is 5.32 Å². The third-order valence-corrected chi connectivity index (χ3v) is 3.98. The molecule has 0 aliphatic carbocycles. The number of anilines is 1. The van der Waals surface area contributed by atoms with Gasteiger partial charge in [-0.1, -0.05) is 62.4 Å². The summed E-state index contributed by atoms with van der Waals surface area (Å²) in [6.07, 6.45) is 2.69. The smallest absolute Gasteiger partial charge is 0.335 e. The molecular formula is C22H25NO3. The van der Waals surface area contributed by atoms with Gasteiger partial charge in [0, 0.05) is 28.8 Å². The molecule has 4 nitrogen and oxygen atoms in total. The lowest BCUT2D eigenvalue weighted by Crippen LogP contribution is -2.27. The molecule has 0 heterocycles. The van der Waals surface area contributed by atoms with Gasteiger partial charge in [0.25, 0.3) is 0 Å². The Morgan fingerprint density at radius 3 is 2.35 bits per heavy atom. The Balaban J connectivity index is 2.19. The fourth-order valence-corrected chi connectivity index (χ4v) is 2.55. The van der Waals surface area contributed by atoms with Gasteiger partial charge in [-0.15, -0.1) is 0 Å². The van der Waals surface area contributed by atoms with Crippen LogP contribution in [0.5, 0.6) is 0 Å². The Morgan fingerprint density at radius 2 is 1.69 bits per heavy atom. The minimum Gasteiger partial charge on any atom is -0.438 e. The van der Waals surface area contributed by atoms with Crippen molar-refractivity contribution in [2.75, 3.05) is 5.32 Å². The van der Waals surface area contributed by atoms with E-state index in [9.17, 15) is 9.59 Å². The minimum atomic E-state index is -0.507. The van der Waals surface area contributed by atoms with E-state index < -0.39 is 6.23 Å². The summed E-state index contributed by atoms with van der Waals surface area (Å²) in [5.74, 6) is -0.421. The molecule has 0 saturated carbocycles. The fraction of sp³-hybridized carbons (Fsp3) is 0.273. The molecule has 0 aromatic heterocycles.